The van der Waals surface area contributed by atoms with E-state index in [-0.39, 0.29) is 11.7 Å². The van der Waals surface area contributed by atoms with Crippen molar-refractivity contribution in [2.24, 2.45) is 0 Å². The molecule has 2 rings (SSSR count). The SMILES string of the molecule is N#CCCNC(=O)CSc1nnnn1-c1ccccc1. The van der Waals surface area contributed by atoms with Crippen LogP contribution in [0.2, 0.25) is 0 Å². The van der Waals surface area contributed by atoms with Gasteiger partial charge in [0.05, 0.1) is 23.9 Å². The summed E-state index contributed by atoms with van der Waals surface area (Å²) in [5, 5.41) is 23.0. The van der Waals surface area contributed by atoms with Gasteiger partial charge < -0.3 is 5.32 Å². The molecule has 2 aromatic rings. The highest BCUT2D eigenvalue weighted by Gasteiger charge is 2.10. The average Bonchev–Trinajstić information content (AvgIpc) is 2.95. The minimum absolute atomic E-state index is 0.145. The zero-order chi connectivity index (χ0) is 14.2. The first-order valence-corrected chi connectivity index (χ1v) is 6.90. The Bertz CT molecular complexity index is 606. The number of rotatable bonds is 6. The van der Waals surface area contributed by atoms with Gasteiger partial charge in [-0.25, -0.2) is 0 Å². The molecule has 0 saturated carbocycles. The number of hydrogen-bond acceptors (Lipinski definition) is 6. The molecule has 1 amide bonds. The second kappa shape index (κ2) is 7.25. The van der Waals surface area contributed by atoms with Crippen LogP contribution < -0.4 is 5.32 Å². The number of carbonyl (C=O) groups excluding carboxylic acids is 1. The van der Waals surface area contributed by atoms with Gasteiger partial charge in [0.25, 0.3) is 0 Å². The van der Waals surface area contributed by atoms with E-state index in [4.69, 9.17) is 5.26 Å². The van der Waals surface area contributed by atoms with Crippen molar-refractivity contribution in [2.75, 3.05) is 12.3 Å². The van der Waals surface area contributed by atoms with Crippen molar-refractivity contribution in [2.45, 2.75) is 11.6 Å². The topological polar surface area (TPSA) is 96.5 Å². The Morgan fingerprint density at radius 2 is 2.20 bits per heavy atom. The summed E-state index contributed by atoms with van der Waals surface area (Å²) >= 11 is 1.25. The summed E-state index contributed by atoms with van der Waals surface area (Å²) < 4.78 is 1.58. The van der Waals surface area contributed by atoms with Crippen molar-refractivity contribution in [3.05, 3.63) is 30.3 Å². The van der Waals surface area contributed by atoms with Crippen LogP contribution in [0.25, 0.3) is 5.69 Å². The van der Waals surface area contributed by atoms with Gasteiger partial charge >= 0.3 is 0 Å². The van der Waals surface area contributed by atoms with E-state index in [2.05, 4.69) is 20.8 Å². The van der Waals surface area contributed by atoms with Gasteiger partial charge in [-0.3, -0.25) is 4.79 Å². The molecule has 0 spiro atoms. The Kier molecular flexibility index (Phi) is 5.08. The molecule has 0 bridgehead atoms. The Balaban J connectivity index is 1.93. The van der Waals surface area contributed by atoms with Crippen molar-refractivity contribution in [3.8, 4) is 11.8 Å². The predicted molar refractivity (Wildman–Crippen MR) is 73.1 cm³/mol. The van der Waals surface area contributed by atoms with Gasteiger partial charge in [0.2, 0.25) is 11.1 Å². The fourth-order valence-electron chi connectivity index (χ4n) is 1.44. The van der Waals surface area contributed by atoms with Crippen molar-refractivity contribution >= 4 is 17.7 Å². The molecule has 0 fully saturated rings. The molecule has 0 unspecified atom stereocenters. The summed E-state index contributed by atoms with van der Waals surface area (Å²) in [6, 6.07) is 11.4. The minimum atomic E-state index is -0.145. The first-order valence-electron chi connectivity index (χ1n) is 5.91. The highest BCUT2D eigenvalue weighted by atomic mass is 32.2. The van der Waals surface area contributed by atoms with E-state index in [9.17, 15) is 4.79 Å². The Morgan fingerprint density at radius 3 is 2.95 bits per heavy atom. The monoisotopic (exact) mass is 288 g/mol. The fourth-order valence-corrected chi connectivity index (χ4v) is 2.16. The maximum Gasteiger partial charge on any atom is 0.230 e. The fraction of sp³-hybridized carbons (Fsp3) is 0.250. The van der Waals surface area contributed by atoms with Gasteiger partial charge in [-0.2, -0.15) is 9.94 Å². The Hall–Kier alpha value is -2.40. The van der Waals surface area contributed by atoms with Crippen molar-refractivity contribution < 1.29 is 4.79 Å². The zero-order valence-electron chi connectivity index (χ0n) is 10.6. The molecule has 102 valence electrons. The second-order valence-electron chi connectivity index (χ2n) is 3.76. The number of thioether (sulfide) groups is 1. The zero-order valence-corrected chi connectivity index (χ0v) is 11.4. The lowest BCUT2D eigenvalue weighted by atomic mass is 10.3. The van der Waals surface area contributed by atoms with E-state index in [1.54, 1.807) is 4.68 Å². The maximum atomic E-state index is 11.5. The number of hydrogen-bond donors (Lipinski definition) is 1. The minimum Gasteiger partial charge on any atom is -0.354 e. The molecule has 0 aliphatic rings. The van der Waals surface area contributed by atoms with Crippen LogP contribution >= 0.6 is 11.8 Å². The van der Waals surface area contributed by atoms with Crippen LogP contribution in [0.1, 0.15) is 6.42 Å². The molecule has 8 heteroatoms. The van der Waals surface area contributed by atoms with Crippen LogP contribution in [-0.4, -0.2) is 38.4 Å². The highest BCUT2D eigenvalue weighted by molar-refractivity contribution is 7.99. The lowest BCUT2D eigenvalue weighted by Gasteiger charge is -2.04. The van der Waals surface area contributed by atoms with Gasteiger partial charge in [0, 0.05) is 6.54 Å². The van der Waals surface area contributed by atoms with Crippen LogP contribution in [0.5, 0.6) is 0 Å². The van der Waals surface area contributed by atoms with E-state index < -0.39 is 0 Å². The molecule has 0 radical (unpaired) electrons. The summed E-state index contributed by atoms with van der Waals surface area (Å²) in [5.74, 6) is 0.0615. The van der Waals surface area contributed by atoms with Crippen LogP contribution in [0.15, 0.2) is 35.5 Å². The summed E-state index contributed by atoms with van der Waals surface area (Å²) in [4.78, 5) is 11.5. The normalized spacial score (nSPS) is 9.95. The molecular weight excluding hydrogens is 276 g/mol. The summed E-state index contributed by atoms with van der Waals surface area (Å²) in [6.45, 7) is 0.361. The van der Waals surface area contributed by atoms with E-state index in [0.717, 1.165) is 5.69 Å². The molecule has 0 aliphatic heterocycles. The van der Waals surface area contributed by atoms with Crippen LogP contribution in [0.3, 0.4) is 0 Å². The molecule has 7 nitrogen and oxygen atoms in total. The summed E-state index contributed by atoms with van der Waals surface area (Å²) in [6.07, 6.45) is 0.304. The first-order chi connectivity index (χ1) is 9.81. The molecule has 1 heterocycles. The molecule has 0 atom stereocenters. The maximum absolute atomic E-state index is 11.5. The van der Waals surface area contributed by atoms with Crippen LogP contribution in [0, 0.1) is 11.3 Å². The van der Waals surface area contributed by atoms with Crippen LogP contribution in [-0.2, 0) is 4.79 Å². The number of tetrazole rings is 1. The van der Waals surface area contributed by atoms with Gasteiger partial charge in [-0.05, 0) is 22.6 Å². The van der Waals surface area contributed by atoms with Gasteiger partial charge in [0.15, 0.2) is 0 Å². The van der Waals surface area contributed by atoms with Crippen molar-refractivity contribution in [3.63, 3.8) is 0 Å². The van der Waals surface area contributed by atoms with E-state index in [0.29, 0.717) is 18.1 Å². The lowest BCUT2D eigenvalue weighted by molar-refractivity contribution is -0.118. The molecule has 1 aromatic heterocycles. The predicted octanol–water partition coefficient (Wildman–Crippen LogP) is 0.784. The van der Waals surface area contributed by atoms with Gasteiger partial charge in [-0.15, -0.1) is 5.10 Å². The van der Waals surface area contributed by atoms with Crippen molar-refractivity contribution in [1.29, 1.82) is 5.26 Å². The number of benzene rings is 1. The molecule has 0 saturated heterocycles. The number of amides is 1. The molecule has 1 N–H and O–H groups in total. The highest BCUT2D eigenvalue weighted by Crippen LogP contribution is 2.17. The number of aromatic nitrogens is 4. The quantitative estimate of drug-likeness (QED) is 0.623. The number of carbonyl (C=O) groups is 1. The summed E-state index contributed by atoms with van der Waals surface area (Å²) in [5.41, 5.74) is 0.838. The number of nitrogens with one attached hydrogen (secondary N) is 1. The Morgan fingerprint density at radius 1 is 1.40 bits per heavy atom. The molecule has 20 heavy (non-hydrogen) atoms. The number of nitriles is 1. The Labute approximate surface area is 120 Å². The number of nitrogens with zero attached hydrogens (tertiary/aromatic N) is 5. The van der Waals surface area contributed by atoms with Crippen molar-refractivity contribution in [1.82, 2.24) is 25.5 Å². The summed E-state index contributed by atoms with van der Waals surface area (Å²) in [7, 11) is 0. The third kappa shape index (κ3) is 3.80. The van der Waals surface area contributed by atoms with Crippen LogP contribution in [0.4, 0.5) is 0 Å². The second-order valence-corrected chi connectivity index (χ2v) is 4.70. The third-order valence-electron chi connectivity index (χ3n) is 2.33. The largest absolute Gasteiger partial charge is 0.354 e. The van der Waals surface area contributed by atoms with E-state index >= 15 is 0 Å². The van der Waals surface area contributed by atoms with Gasteiger partial charge in [-0.1, -0.05) is 30.0 Å². The van der Waals surface area contributed by atoms with Gasteiger partial charge in [0.1, 0.15) is 0 Å². The third-order valence-corrected chi connectivity index (χ3v) is 3.25. The standard InChI is InChI=1S/C12H12N6OS/c13-7-4-8-14-11(19)9-20-12-15-16-17-18(12)10-5-2-1-3-6-10/h1-3,5-6H,4,8-9H2,(H,14,19). The lowest BCUT2D eigenvalue weighted by Crippen LogP contribution is -2.26. The molecule has 1 aromatic carbocycles. The molecule has 0 aliphatic carbocycles. The van der Waals surface area contributed by atoms with E-state index in [1.165, 1.54) is 11.8 Å². The average molecular weight is 288 g/mol. The molecular formula is C12H12N6OS. The smallest absolute Gasteiger partial charge is 0.230 e. The van der Waals surface area contributed by atoms with E-state index in [1.807, 2.05) is 36.4 Å². The number of para-hydroxylation sites is 1. The first kappa shape index (κ1) is 14.0.